The second-order valence-electron chi connectivity index (χ2n) is 7.02. The summed E-state index contributed by atoms with van der Waals surface area (Å²) in [6, 6.07) is 21.3. The number of fused-ring (bicyclic) bond motifs is 1. The maximum Gasteiger partial charge on any atom is 0.255 e. The highest BCUT2D eigenvalue weighted by atomic mass is 35.5. The van der Waals surface area contributed by atoms with Gasteiger partial charge in [-0.25, -0.2) is 0 Å². The van der Waals surface area contributed by atoms with Gasteiger partial charge in [0.1, 0.15) is 12.4 Å². The van der Waals surface area contributed by atoms with Crippen molar-refractivity contribution in [2.24, 2.45) is 5.73 Å². The molecule has 0 heterocycles. The average molecular weight is 450 g/mol. The lowest BCUT2D eigenvalue weighted by Crippen LogP contribution is -2.33. The summed E-state index contributed by atoms with van der Waals surface area (Å²) in [6.07, 6.45) is 0. The molecule has 0 spiro atoms. The molecule has 5 nitrogen and oxygen atoms in total. The lowest BCUT2D eigenvalue weighted by atomic mass is 10.0. The predicted molar refractivity (Wildman–Crippen MR) is 128 cm³/mol. The molecule has 0 radical (unpaired) electrons. The molecule has 0 aliphatic rings. The summed E-state index contributed by atoms with van der Waals surface area (Å²) in [5.41, 5.74) is 7.48. The van der Waals surface area contributed by atoms with Crippen LogP contribution in [0.5, 0.6) is 5.75 Å². The van der Waals surface area contributed by atoms with E-state index in [0.717, 1.165) is 22.9 Å². The van der Waals surface area contributed by atoms with Crippen molar-refractivity contribution in [3.63, 3.8) is 0 Å². The summed E-state index contributed by atoms with van der Waals surface area (Å²) >= 11 is 0. The number of amides is 1. The Labute approximate surface area is 190 Å². The molecule has 30 heavy (non-hydrogen) atoms. The van der Waals surface area contributed by atoms with Crippen LogP contribution in [0.1, 0.15) is 22.0 Å². The minimum absolute atomic E-state index is 0. The molecule has 3 N–H and O–H groups in total. The number of carbonyl (C=O) groups excluding carboxylic acids is 1. The number of likely N-dealkylation sites (N-methyl/N-ethyl adjacent to an activating group) is 1. The number of carbonyl (C=O) groups is 1. The molecule has 3 aromatic carbocycles. The monoisotopic (exact) mass is 449 g/mol. The van der Waals surface area contributed by atoms with Crippen molar-refractivity contribution in [3.05, 3.63) is 77.9 Å². The number of hydrogen-bond acceptors (Lipinski definition) is 4. The van der Waals surface area contributed by atoms with Crippen LogP contribution in [-0.2, 0) is 0 Å². The Balaban J connectivity index is 0.00000225. The number of para-hydroxylation sites is 1. The Hall–Kier alpha value is -2.31. The molecule has 0 saturated carbocycles. The third-order valence-corrected chi connectivity index (χ3v) is 4.64. The number of rotatable bonds is 8. The van der Waals surface area contributed by atoms with E-state index in [9.17, 15) is 4.79 Å². The van der Waals surface area contributed by atoms with Crippen molar-refractivity contribution in [1.29, 1.82) is 0 Å². The number of halogens is 2. The van der Waals surface area contributed by atoms with Gasteiger partial charge < -0.3 is 20.7 Å². The minimum atomic E-state index is -0.271. The van der Waals surface area contributed by atoms with Crippen molar-refractivity contribution in [2.75, 3.05) is 33.8 Å². The second-order valence-corrected chi connectivity index (χ2v) is 7.02. The van der Waals surface area contributed by atoms with E-state index >= 15 is 0 Å². The molecule has 1 unspecified atom stereocenters. The molecule has 7 heteroatoms. The number of ether oxygens (including phenoxy) is 1. The molecule has 0 aliphatic carbocycles. The Morgan fingerprint density at radius 2 is 1.67 bits per heavy atom. The van der Waals surface area contributed by atoms with Gasteiger partial charge in [-0.15, -0.1) is 24.8 Å². The first-order chi connectivity index (χ1) is 13.6. The Morgan fingerprint density at radius 3 is 2.37 bits per heavy atom. The van der Waals surface area contributed by atoms with Gasteiger partial charge in [-0.3, -0.25) is 4.79 Å². The van der Waals surface area contributed by atoms with E-state index in [1.165, 1.54) is 0 Å². The SMILES string of the molecule is CN(C)CCOc1ccccc1C(=O)NC(CN)c1ccc2ccccc2c1.Cl.Cl. The van der Waals surface area contributed by atoms with Crippen LogP contribution >= 0.6 is 24.8 Å². The molecule has 162 valence electrons. The van der Waals surface area contributed by atoms with Crippen LogP contribution in [0.25, 0.3) is 10.8 Å². The topological polar surface area (TPSA) is 67.6 Å². The van der Waals surface area contributed by atoms with E-state index in [4.69, 9.17) is 10.5 Å². The molecule has 0 aromatic heterocycles. The van der Waals surface area contributed by atoms with E-state index < -0.39 is 0 Å². The van der Waals surface area contributed by atoms with Crippen molar-refractivity contribution < 1.29 is 9.53 Å². The zero-order valence-corrected chi connectivity index (χ0v) is 18.8. The number of benzene rings is 3. The fourth-order valence-corrected chi connectivity index (χ4v) is 3.06. The Bertz CT molecular complexity index is 950. The number of nitrogens with zero attached hydrogens (tertiary/aromatic N) is 1. The molecule has 0 saturated heterocycles. The second kappa shape index (κ2) is 12.4. The predicted octanol–water partition coefficient (Wildman–Crippen LogP) is 4.05. The smallest absolute Gasteiger partial charge is 0.255 e. The highest BCUT2D eigenvalue weighted by Gasteiger charge is 2.18. The first kappa shape index (κ1) is 25.7. The fraction of sp³-hybridized carbons (Fsp3) is 0.261. The molecule has 0 aliphatic heterocycles. The van der Waals surface area contributed by atoms with E-state index in [-0.39, 0.29) is 36.8 Å². The quantitative estimate of drug-likeness (QED) is 0.544. The van der Waals surface area contributed by atoms with E-state index in [2.05, 4.69) is 29.6 Å². The zero-order valence-electron chi connectivity index (χ0n) is 17.2. The van der Waals surface area contributed by atoms with Crippen LogP contribution < -0.4 is 15.8 Å². The van der Waals surface area contributed by atoms with Gasteiger partial charge >= 0.3 is 0 Å². The fourth-order valence-electron chi connectivity index (χ4n) is 3.06. The number of hydrogen-bond donors (Lipinski definition) is 2. The summed E-state index contributed by atoms with van der Waals surface area (Å²) in [4.78, 5) is 14.9. The van der Waals surface area contributed by atoms with Gasteiger partial charge in [0.25, 0.3) is 5.91 Å². The van der Waals surface area contributed by atoms with Crippen molar-refractivity contribution in [2.45, 2.75) is 6.04 Å². The zero-order chi connectivity index (χ0) is 19.9. The van der Waals surface area contributed by atoms with Gasteiger partial charge in [0.15, 0.2) is 0 Å². The third-order valence-electron chi connectivity index (χ3n) is 4.64. The lowest BCUT2D eigenvalue weighted by molar-refractivity contribution is 0.0933. The van der Waals surface area contributed by atoms with Crippen LogP contribution in [0.4, 0.5) is 0 Å². The van der Waals surface area contributed by atoms with Gasteiger partial charge in [-0.1, -0.05) is 48.5 Å². The number of nitrogens with one attached hydrogen (secondary N) is 1. The summed E-state index contributed by atoms with van der Waals surface area (Å²) in [5, 5.41) is 5.33. The van der Waals surface area contributed by atoms with Gasteiger partial charge in [-0.2, -0.15) is 0 Å². The normalized spacial score (nSPS) is 11.3. The molecule has 0 fully saturated rings. The van der Waals surface area contributed by atoms with Crippen molar-refractivity contribution >= 4 is 41.5 Å². The molecule has 3 aromatic rings. The van der Waals surface area contributed by atoms with E-state index in [1.807, 2.05) is 55.4 Å². The first-order valence-corrected chi connectivity index (χ1v) is 9.44. The Morgan fingerprint density at radius 1 is 1.00 bits per heavy atom. The molecular formula is C23H29Cl2N3O2. The summed E-state index contributed by atoms with van der Waals surface area (Å²) in [6.45, 7) is 1.61. The van der Waals surface area contributed by atoms with Crippen LogP contribution in [-0.4, -0.2) is 44.6 Å². The van der Waals surface area contributed by atoms with Crippen molar-refractivity contribution in [3.8, 4) is 5.75 Å². The first-order valence-electron chi connectivity index (χ1n) is 9.44. The maximum absolute atomic E-state index is 12.9. The summed E-state index contributed by atoms with van der Waals surface area (Å²) in [5.74, 6) is 0.389. The van der Waals surface area contributed by atoms with Crippen LogP contribution in [0.2, 0.25) is 0 Å². The van der Waals surface area contributed by atoms with E-state index in [0.29, 0.717) is 24.5 Å². The van der Waals surface area contributed by atoms with Gasteiger partial charge in [0, 0.05) is 13.1 Å². The lowest BCUT2D eigenvalue weighted by Gasteiger charge is -2.19. The van der Waals surface area contributed by atoms with Crippen LogP contribution in [0.15, 0.2) is 66.7 Å². The molecule has 0 bridgehead atoms. The highest BCUT2D eigenvalue weighted by molar-refractivity contribution is 5.97. The van der Waals surface area contributed by atoms with E-state index in [1.54, 1.807) is 6.07 Å². The molecule has 1 amide bonds. The summed E-state index contributed by atoms with van der Waals surface area (Å²) in [7, 11) is 3.97. The Kier molecular flexibility index (Phi) is 10.6. The number of nitrogens with two attached hydrogens (primary N) is 1. The molecular weight excluding hydrogens is 421 g/mol. The van der Waals surface area contributed by atoms with Gasteiger partial charge in [-0.05, 0) is 48.6 Å². The van der Waals surface area contributed by atoms with Gasteiger partial charge in [0.05, 0.1) is 11.6 Å². The maximum atomic E-state index is 12.9. The molecule has 1 atom stereocenters. The van der Waals surface area contributed by atoms with Crippen LogP contribution in [0, 0.1) is 0 Å². The third kappa shape index (κ3) is 6.61. The standard InChI is InChI=1S/C23H27N3O2.2ClH/c1-26(2)13-14-28-22-10-6-5-9-20(22)23(27)25-21(16-24)19-12-11-17-7-3-4-8-18(17)15-19;;/h3-12,15,21H,13-14,16,24H2,1-2H3,(H,25,27);2*1H. The highest BCUT2D eigenvalue weighted by Crippen LogP contribution is 2.22. The van der Waals surface area contributed by atoms with Crippen LogP contribution in [0.3, 0.4) is 0 Å². The van der Waals surface area contributed by atoms with Crippen molar-refractivity contribution in [1.82, 2.24) is 10.2 Å². The molecule has 3 rings (SSSR count). The summed E-state index contributed by atoms with van der Waals surface area (Å²) < 4.78 is 5.81. The minimum Gasteiger partial charge on any atom is -0.491 e. The average Bonchev–Trinajstić information content (AvgIpc) is 2.71. The largest absolute Gasteiger partial charge is 0.491 e. The van der Waals surface area contributed by atoms with Gasteiger partial charge in [0.2, 0.25) is 0 Å².